The lowest BCUT2D eigenvalue weighted by atomic mass is 9.76. The van der Waals surface area contributed by atoms with E-state index in [1.165, 1.54) is 18.7 Å². The fourth-order valence-corrected chi connectivity index (χ4v) is 2.61. The summed E-state index contributed by atoms with van der Waals surface area (Å²) in [6.07, 6.45) is 4.35. The molecule has 0 spiro atoms. The Hall–Kier alpha value is -2.25. The Kier molecular flexibility index (Phi) is 4.39. The maximum absolute atomic E-state index is 12.2. The number of carbonyl (C=O) groups excluding carboxylic acids is 1. The van der Waals surface area contributed by atoms with Crippen LogP contribution in [0.15, 0.2) is 36.9 Å². The van der Waals surface area contributed by atoms with E-state index in [2.05, 4.69) is 15.3 Å². The monoisotopic (exact) mass is 339 g/mol. The van der Waals surface area contributed by atoms with Crippen molar-refractivity contribution >= 4 is 24.2 Å². The second-order valence-corrected chi connectivity index (χ2v) is 7.24. The van der Waals surface area contributed by atoms with E-state index in [0.717, 1.165) is 11.0 Å². The minimum absolute atomic E-state index is 0.247. The highest BCUT2D eigenvalue weighted by atomic mass is 16.7. The van der Waals surface area contributed by atoms with Crippen molar-refractivity contribution in [3.05, 3.63) is 48.0 Å². The summed E-state index contributed by atoms with van der Waals surface area (Å²) in [6, 6.07) is 5.67. The lowest BCUT2D eigenvalue weighted by Gasteiger charge is -2.32. The Balaban J connectivity index is 1.77. The number of benzene rings is 1. The van der Waals surface area contributed by atoms with Crippen LogP contribution in [0.2, 0.25) is 0 Å². The van der Waals surface area contributed by atoms with Crippen molar-refractivity contribution in [2.45, 2.75) is 45.8 Å². The maximum Gasteiger partial charge on any atom is 0.495 e. The number of carbonyl (C=O) groups is 1. The second kappa shape index (κ2) is 6.24. The molecule has 0 atom stereocenters. The molecule has 1 aliphatic rings. The summed E-state index contributed by atoms with van der Waals surface area (Å²) < 4.78 is 12.2. The molecule has 130 valence electrons. The van der Waals surface area contributed by atoms with Crippen LogP contribution in [-0.2, 0) is 9.31 Å². The molecule has 0 unspecified atom stereocenters. The van der Waals surface area contributed by atoms with E-state index in [1.807, 2.05) is 52.8 Å². The molecular formula is C18H22BN3O3. The van der Waals surface area contributed by atoms with Crippen LogP contribution in [0.3, 0.4) is 0 Å². The first-order valence-electron chi connectivity index (χ1n) is 8.22. The van der Waals surface area contributed by atoms with Crippen molar-refractivity contribution in [3.63, 3.8) is 0 Å². The van der Waals surface area contributed by atoms with Crippen LogP contribution >= 0.6 is 0 Å². The smallest absolute Gasteiger partial charge is 0.399 e. The van der Waals surface area contributed by atoms with Gasteiger partial charge in [-0.05, 0) is 57.8 Å². The number of aromatic nitrogens is 2. The van der Waals surface area contributed by atoms with Crippen molar-refractivity contribution < 1.29 is 14.1 Å². The van der Waals surface area contributed by atoms with Gasteiger partial charge in [-0.1, -0.05) is 6.07 Å². The number of anilines is 1. The zero-order valence-corrected chi connectivity index (χ0v) is 15.2. The van der Waals surface area contributed by atoms with E-state index in [0.29, 0.717) is 11.3 Å². The van der Waals surface area contributed by atoms with E-state index < -0.39 is 7.12 Å². The molecule has 1 aromatic heterocycles. The first kappa shape index (κ1) is 17.6. The molecule has 1 saturated heterocycles. The molecule has 7 heteroatoms. The molecule has 1 aliphatic heterocycles. The summed E-state index contributed by atoms with van der Waals surface area (Å²) >= 11 is 0. The van der Waals surface area contributed by atoms with E-state index in [4.69, 9.17) is 9.31 Å². The van der Waals surface area contributed by atoms with Gasteiger partial charge in [0.15, 0.2) is 0 Å². The van der Waals surface area contributed by atoms with Crippen molar-refractivity contribution in [2.24, 2.45) is 0 Å². The summed E-state index contributed by atoms with van der Waals surface area (Å²) in [6.45, 7) is 10.1. The van der Waals surface area contributed by atoms with Crippen LogP contribution < -0.4 is 10.8 Å². The van der Waals surface area contributed by atoms with Crippen molar-refractivity contribution in [1.82, 2.24) is 9.97 Å². The SMILES string of the molecule is Cc1cc(NC(=O)c2cncnc2)ccc1B1OC(C)(C)C(C)(C)O1. The van der Waals surface area contributed by atoms with Gasteiger partial charge in [0.2, 0.25) is 0 Å². The number of nitrogens with one attached hydrogen (secondary N) is 1. The molecule has 1 fully saturated rings. The van der Waals surface area contributed by atoms with E-state index in [-0.39, 0.29) is 17.1 Å². The normalized spacial score (nSPS) is 18.2. The van der Waals surface area contributed by atoms with Crippen LogP contribution in [0, 0.1) is 6.92 Å². The molecule has 1 N–H and O–H groups in total. The number of aryl methyl sites for hydroxylation is 1. The number of rotatable bonds is 3. The molecule has 1 amide bonds. The minimum Gasteiger partial charge on any atom is -0.399 e. The van der Waals surface area contributed by atoms with Gasteiger partial charge in [0, 0.05) is 18.1 Å². The first-order valence-corrected chi connectivity index (χ1v) is 8.22. The highest BCUT2D eigenvalue weighted by Crippen LogP contribution is 2.36. The summed E-state index contributed by atoms with van der Waals surface area (Å²) in [5, 5.41) is 2.85. The Morgan fingerprint density at radius 3 is 2.24 bits per heavy atom. The maximum atomic E-state index is 12.2. The number of amides is 1. The van der Waals surface area contributed by atoms with Gasteiger partial charge in [0.05, 0.1) is 16.8 Å². The zero-order chi connectivity index (χ0) is 18.2. The van der Waals surface area contributed by atoms with Gasteiger partial charge in [-0.3, -0.25) is 4.79 Å². The highest BCUT2D eigenvalue weighted by Gasteiger charge is 2.52. The van der Waals surface area contributed by atoms with Gasteiger partial charge >= 0.3 is 7.12 Å². The minimum atomic E-state index is -0.419. The van der Waals surface area contributed by atoms with Crippen LogP contribution in [0.25, 0.3) is 0 Å². The van der Waals surface area contributed by atoms with Gasteiger partial charge in [0.25, 0.3) is 5.91 Å². The van der Waals surface area contributed by atoms with Gasteiger partial charge in [-0.25, -0.2) is 9.97 Å². The van der Waals surface area contributed by atoms with Crippen molar-refractivity contribution in [2.75, 3.05) is 5.32 Å². The first-order chi connectivity index (χ1) is 11.7. The molecule has 1 aromatic carbocycles. The van der Waals surface area contributed by atoms with Crippen LogP contribution in [0.1, 0.15) is 43.6 Å². The summed E-state index contributed by atoms with van der Waals surface area (Å²) in [5.41, 5.74) is 2.29. The lowest BCUT2D eigenvalue weighted by molar-refractivity contribution is 0.00578. The zero-order valence-electron chi connectivity index (χ0n) is 15.2. The summed E-state index contributed by atoms with van der Waals surface area (Å²) in [7, 11) is -0.419. The third-order valence-electron chi connectivity index (χ3n) is 4.86. The second-order valence-electron chi connectivity index (χ2n) is 7.24. The summed E-state index contributed by atoms with van der Waals surface area (Å²) in [4.78, 5) is 19.9. The Bertz CT molecular complexity index is 777. The van der Waals surface area contributed by atoms with E-state index >= 15 is 0 Å². The van der Waals surface area contributed by atoms with Crippen molar-refractivity contribution in [1.29, 1.82) is 0 Å². The Morgan fingerprint density at radius 2 is 1.68 bits per heavy atom. The molecule has 0 bridgehead atoms. The number of hydrogen-bond acceptors (Lipinski definition) is 5. The molecular weight excluding hydrogens is 317 g/mol. The molecule has 0 radical (unpaired) electrons. The number of hydrogen-bond donors (Lipinski definition) is 1. The van der Waals surface area contributed by atoms with Crippen LogP contribution in [-0.4, -0.2) is 34.2 Å². The van der Waals surface area contributed by atoms with Gasteiger partial charge < -0.3 is 14.6 Å². The number of nitrogens with zero attached hydrogens (tertiary/aromatic N) is 2. The topological polar surface area (TPSA) is 73.3 Å². The molecule has 2 heterocycles. The summed E-state index contributed by atoms with van der Waals surface area (Å²) in [5.74, 6) is -0.247. The lowest BCUT2D eigenvalue weighted by Crippen LogP contribution is -2.41. The van der Waals surface area contributed by atoms with E-state index in [9.17, 15) is 4.79 Å². The van der Waals surface area contributed by atoms with E-state index in [1.54, 1.807) is 0 Å². The highest BCUT2D eigenvalue weighted by molar-refractivity contribution is 6.62. The molecule has 3 rings (SSSR count). The Morgan fingerprint density at radius 1 is 1.08 bits per heavy atom. The third-order valence-corrected chi connectivity index (χ3v) is 4.86. The molecule has 2 aromatic rings. The average Bonchev–Trinajstić information content (AvgIpc) is 2.76. The third kappa shape index (κ3) is 3.43. The van der Waals surface area contributed by atoms with Gasteiger partial charge in [-0.2, -0.15) is 0 Å². The molecule has 25 heavy (non-hydrogen) atoms. The predicted molar refractivity (Wildman–Crippen MR) is 96.9 cm³/mol. The molecule has 0 aliphatic carbocycles. The quantitative estimate of drug-likeness (QED) is 0.869. The van der Waals surface area contributed by atoms with Crippen LogP contribution in [0.5, 0.6) is 0 Å². The van der Waals surface area contributed by atoms with Crippen LogP contribution in [0.4, 0.5) is 5.69 Å². The Labute approximate surface area is 148 Å². The van der Waals surface area contributed by atoms with Gasteiger partial charge in [0.1, 0.15) is 6.33 Å². The standard InChI is InChI=1S/C18H22BN3O3/c1-12-8-14(22-16(23)13-9-20-11-21-10-13)6-7-15(12)19-24-17(2,3)18(4,5)25-19/h6-11H,1-5H3,(H,22,23). The molecule has 0 saturated carbocycles. The van der Waals surface area contributed by atoms with Crippen molar-refractivity contribution in [3.8, 4) is 0 Å². The fourth-order valence-electron chi connectivity index (χ4n) is 2.61. The fraction of sp³-hybridized carbons (Fsp3) is 0.389. The average molecular weight is 339 g/mol. The molecule has 6 nitrogen and oxygen atoms in total. The van der Waals surface area contributed by atoms with Gasteiger partial charge in [-0.15, -0.1) is 0 Å². The largest absolute Gasteiger partial charge is 0.495 e. The predicted octanol–water partition coefficient (Wildman–Crippen LogP) is 2.34.